The molecule has 0 radical (unpaired) electrons. The summed E-state index contributed by atoms with van der Waals surface area (Å²) in [6, 6.07) is 8.96. The summed E-state index contributed by atoms with van der Waals surface area (Å²) in [7, 11) is 2.19. The molecule has 1 aliphatic heterocycles. The zero-order valence-electron chi connectivity index (χ0n) is 9.57. The highest BCUT2D eigenvalue weighted by Gasteiger charge is 2.24. The Morgan fingerprint density at radius 2 is 2.20 bits per heavy atom. The van der Waals surface area contributed by atoms with Crippen molar-refractivity contribution in [3.05, 3.63) is 29.8 Å². The molecule has 2 heteroatoms. The smallest absolute Gasteiger partial charge is 0.124 e. The lowest BCUT2D eigenvalue weighted by Gasteiger charge is -2.22. The largest absolute Gasteiger partial charge is 0.494 e. The van der Waals surface area contributed by atoms with Gasteiger partial charge >= 0.3 is 0 Å². The first-order chi connectivity index (χ1) is 7.33. The quantitative estimate of drug-likeness (QED) is 0.752. The van der Waals surface area contributed by atoms with Crippen molar-refractivity contribution in [3.8, 4) is 5.75 Å². The fourth-order valence-electron chi connectivity index (χ4n) is 2.35. The maximum Gasteiger partial charge on any atom is 0.124 e. The Morgan fingerprint density at radius 1 is 1.40 bits per heavy atom. The van der Waals surface area contributed by atoms with Crippen LogP contribution in [0.15, 0.2) is 24.3 Å². The number of benzene rings is 1. The van der Waals surface area contributed by atoms with E-state index in [9.17, 15) is 0 Å². The SMILES string of the molecule is CCOc1ccccc1C1CCCN1C. The minimum absolute atomic E-state index is 0.549. The van der Waals surface area contributed by atoms with E-state index >= 15 is 0 Å². The maximum absolute atomic E-state index is 5.67. The maximum atomic E-state index is 5.67. The minimum Gasteiger partial charge on any atom is -0.494 e. The van der Waals surface area contributed by atoms with Gasteiger partial charge in [0.25, 0.3) is 0 Å². The molecule has 15 heavy (non-hydrogen) atoms. The van der Waals surface area contributed by atoms with Gasteiger partial charge in [-0.05, 0) is 39.4 Å². The second kappa shape index (κ2) is 4.67. The van der Waals surface area contributed by atoms with E-state index in [1.165, 1.54) is 24.9 Å². The van der Waals surface area contributed by atoms with Crippen molar-refractivity contribution < 1.29 is 4.74 Å². The third-order valence-corrected chi connectivity index (χ3v) is 3.10. The van der Waals surface area contributed by atoms with Crippen molar-refractivity contribution >= 4 is 0 Å². The Morgan fingerprint density at radius 3 is 2.87 bits per heavy atom. The Labute approximate surface area is 91.9 Å². The molecular weight excluding hydrogens is 186 g/mol. The van der Waals surface area contributed by atoms with Gasteiger partial charge in [0.05, 0.1) is 6.61 Å². The molecule has 1 aromatic carbocycles. The molecule has 1 unspecified atom stereocenters. The number of nitrogens with zero attached hydrogens (tertiary/aromatic N) is 1. The van der Waals surface area contributed by atoms with Gasteiger partial charge in [0.2, 0.25) is 0 Å². The van der Waals surface area contributed by atoms with Crippen LogP contribution >= 0.6 is 0 Å². The van der Waals surface area contributed by atoms with E-state index in [-0.39, 0.29) is 0 Å². The van der Waals surface area contributed by atoms with Gasteiger partial charge in [-0.25, -0.2) is 0 Å². The van der Waals surface area contributed by atoms with E-state index in [4.69, 9.17) is 4.74 Å². The Bertz CT molecular complexity index is 324. The van der Waals surface area contributed by atoms with Gasteiger partial charge in [0, 0.05) is 11.6 Å². The van der Waals surface area contributed by atoms with Crippen LogP contribution < -0.4 is 4.74 Å². The lowest BCUT2D eigenvalue weighted by molar-refractivity contribution is 0.292. The highest BCUT2D eigenvalue weighted by Crippen LogP contribution is 2.35. The molecule has 82 valence electrons. The van der Waals surface area contributed by atoms with Crippen molar-refractivity contribution in [2.45, 2.75) is 25.8 Å². The van der Waals surface area contributed by atoms with Crippen LogP contribution in [-0.4, -0.2) is 25.1 Å². The number of likely N-dealkylation sites (tertiary alicyclic amines) is 1. The van der Waals surface area contributed by atoms with Crippen LogP contribution in [-0.2, 0) is 0 Å². The average Bonchev–Trinajstić information content (AvgIpc) is 2.66. The van der Waals surface area contributed by atoms with Crippen LogP contribution in [0.25, 0.3) is 0 Å². The van der Waals surface area contributed by atoms with Crippen molar-refractivity contribution in [2.24, 2.45) is 0 Å². The first-order valence-electron chi connectivity index (χ1n) is 5.75. The van der Waals surface area contributed by atoms with E-state index in [0.29, 0.717) is 6.04 Å². The molecule has 1 aliphatic rings. The average molecular weight is 205 g/mol. The molecule has 0 amide bonds. The number of ether oxygens (including phenoxy) is 1. The topological polar surface area (TPSA) is 12.5 Å². The molecule has 0 N–H and O–H groups in total. The van der Waals surface area contributed by atoms with E-state index in [2.05, 4.69) is 30.1 Å². The van der Waals surface area contributed by atoms with Crippen LogP contribution in [0.3, 0.4) is 0 Å². The normalized spacial score (nSPS) is 21.9. The molecule has 0 aliphatic carbocycles. The molecule has 0 saturated carbocycles. The van der Waals surface area contributed by atoms with Crippen LogP contribution in [0.4, 0.5) is 0 Å². The Hall–Kier alpha value is -1.02. The van der Waals surface area contributed by atoms with E-state index in [0.717, 1.165) is 12.4 Å². The highest BCUT2D eigenvalue weighted by molar-refractivity contribution is 5.36. The molecular formula is C13H19NO. The van der Waals surface area contributed by atoms with Gasteiger partial charge in [0.15, 0.2) is 0 Å². The van der Waals surface area contributed by atoms with Gasteiger partial charge in [-0.3, -0.25) is 4.90 Å². The van der Waals surface area contributed by atoms with Crippen molar-refractivity contribution in [1.82, 2.24) is 4.90 Å². The zero-order valence-corrected chi connectivity index (χ0v) is 9.57. The zero-order chi connectivity index (χ0) is 10.7. The molecule has 1 saturated heterocycles. The monoisotopic (exact) mass is 205 g/mol. The van der Waals surface area contributed by atoms with Crippen molar-refractivity contribution in [3.63, 3.8) is 0 Å². The molecule has 0 spiro atoms. The third kappa shape index (κ3) is 2.15. The van der Waals surface area contributed by atoms with Gasteiger partial charge in [-0.2, -0.15) is 0 Å². The summed E-state index contributed by atoms with van der Waals surface area (Å²) in [6.07, 6.45) is 2.54. The van der Waals surface area contributed by atoms with E-state index < -0.39 is 0 Å². The molecule has 1 aromatic rings. The number of rotatable bonds is 3. The standard InChI is InChI=1S/C13H19NO/c1-3-15-13-9-5-4-7-11(13)12-8-6-10-14(12)2/h4-5,7,9,12H,3,6,8,10H2,1-2H3. The summed E-state index contributed by atoms with van der Waals surface area (Å²) in [5, 5.41) is 0. The fourth-order valence-corrected chi connectivity index (χ4v) is 2.35. The number of hydrogen-bond acceptors (Lipinski definition) is 2. The van der Waals surface area contributed by atoms with Gasteiger partial charge in [-0.1, -0.05) is 18.2 Å². The predicted molar refractivity (Wildman–Crippen MR) is 62.2 cm³/mol. The third-order valence-electron chi connectivity index (χ3n) is 3.10. The molecule has 2 rings (SSSR count). The summed E-state index contributed by atoms with van der Waals surface area (Å²) < 4.78 is 5.67. The number of para-hydroxylation sites is 1. The molecule has 1 heterocycles. The second-order valence-corrected chi connectivity index (χ2v) is 4.11. The summed E-state index contributed by atoms with van der Waals surface area (Å²) in [4.78, 5) is 2.41. The summed E-state index contributed by atoms with van der Waals surface area (Å²) in [5.41, 5.74) is 1.35. The Kier molecular flexibility index (Phi) is 3.27. The van der Waals surface area contributed by atoms with Gasteiger partial charge < -0.3 is 4.74 Å². The van der Waals surface area contributed by atoms with Crippen LogP contribution in [0.2, 0.25) is 0 Å². The van der Waals surface area contributed by atoms with Gasteiger partial charge in [0.1, 0.15) is 5.75 Å². The van der Waals surface area contributed by atoms with Crippen molar-refractivity contribution in [2.75, 3.05) is 20.2 Å². The van der Waals surface area contributed by atoms with E-state index in [1.54, 1.807) is 0 Å². The first-order valence-corrected chi connectivity index (χ1v) is 5.75. The second-order valence-electron chi connectivity index (χ2n) is 4.11. The molecule has 1 atom stereocenters. The summed E-state index contributed by atoms with van der Waals surface area (Å²) in [5.74, 6) is 1.05. The molecule has 0 bridgehead atoms. The van der Waals surface area contributed by atoms with Crippen LogP contribution in [0.1, 0.15) is 31.4 Å². The number of hydrogen-bond donors (Lipinski definition) is 0. The van der Waals surface area contributed by atoms with E-state index in [1.807, 2.05) is 13.0 Å². The predicted octanol–water partition coefficient (Wildman–Crippen LogP) is 2.85. The lowest BCUT2D eigenvalue weighted by atomic mass is 10.0. The Balaban J connectivity index is 2.25. The minimum atomic E-state index is 0.549. The summed E-state index contributed by atoms with van der Waals surface area (Å²) >= 11 is 0. The molecule has 0 aromatic heterocycles. The molecule has 2 nitrogen and oxygen atoms in total. The van der Waals surface area contributed by atoms with Gasteiger partial charge in [-0.15, -0.1) is 0 Å². The first kappa shape index (κ1) is 10.5. The van der Waals surface area contributed by atoms with Crippen molar-refractivity contribution in [1.29, 1.82) is 0 Å². The fraction of sp³-hybridized carbons (Fsp3) is 0.538. The summed E-state index contributed by atoms with van der Waals surface area (Å²) in [6.45, 7) is 3.98. The van der Waals surface area contributed by atoms with Crippen LogP contribution in [0.5, 0.6) is 5.75 Å². The highest BCUT2D eigenvalue weighted by atomic mass is 16.5. The lowest BCUT2D eigenvalue weighted by Crippen LogP contribution is -2.18. The van der Waals surface area contributed by atoms with Crippen LogP contribution in [0, 0.1) is 0 Å². The molecule has 1 fully saturated rings.